The molecule has 0 aromatic heterocycles. The van der Waals surface area contributed by atoms with E-state index in [0.29, 0.717) is 18.6 Å². The highest BCUT2D eigenvalue weighted by molar-refractivity contribution is 8.76. The van der Waals surface area contributed by atoms with Crippen LogP contribution in [-0.4, -0.2) is 18.3 Å². The van der Waals surface area contributed by atoms with Crippen molar-refractivity contribution < 1.29 is 4.79 Å². The van der Waals surface area contributed by atoms with Gasteiger partial charge in [-0.2, -0.15) is 0 Å². The van der Waals surface area contributed by atoms with Gasteiger partial charge in [0.15, 0.2) is 0 Å². The van der Waals surface area contributed by atoms with E-state index in [1.54, 1.807) is 21.6 Å². The summed E-state index contributed by atoms with van der Waals surface area (Å²) in [4.78, 5) is 10.2. The summed E-state index contributed by atoms with van der Waals surface area (Å²) in [6, 6.07) is 0. The largest absolute Gasteiger partial charge is 0.300 e. The second-order valence-corrected chi connectivity index (χ2v) is 4.25. The highest BCUT2D eigenvalue weighted by Crippen LogP contribution is 2.09. The molecule has 3 heteroatoms. The monoisotopic (exact) mass is 180 g/mol. The SMILES string of the molecule is CCC(=O)CC.CSSC. The molecule has 0 aromatic rings. The number of ketones is 1. The topological polar surface area (TPSA) is 17.1 Å². The van der Waals surface area contributed by atoms with Crippen LogP contribution in [0.25, 0.3) is 0 Å². The third-order valence-corrected chi connectivity index (χ3v) is 2.29. The maximum absolute atomic E-state index is 10.2. The van der Waals surface area contributed by atoms with E-state index in [2.05, 4.69) is 12.5 Å². The van der Waals surface area contributed by atoms with Crippen LogP contribution in [0.4, 0.5) is 0 Å². The lowest BCUT2D eigenvalue weighted by molar-refractivity contribution is -0.118. The van der Waals surface area contributed by atoms with Crippen molar-refractivity contribution in [2.75, 3.05) is 12.5 Å². The second kappa shape index (κ2) is 12.1. The normalized spacial score (nSPS) is 8.00. The maximum atomic E-state index is 10.2. The molecule has 0 saturated heterocycles. The lowest BCUT2D eigenvalue weighted by atomic mass is 10.3. The van der Waals surface area contributed by atoms with E-state index in [9.17, 15) is 4.79 Å². The van der Waals surface area contributed by atoms with Gasteiger partial charge in [0.25, 0.3) is 0 Å². The Morgan fingerprint density at radius 2 is 1.40 bits per heavy atom. The van der Waals surface area contributed by atoms with E-state index < -0.39 is 0 Å². The van der Waals surface area contributed by atoms with Gasteiger partial charge in [-0.1, -0.05) is 35.4 Å². The summed E-state index contributed by atoms with van der Waals surface area (Å²) in [5.74, 6) is 0.343. The van der Waals surface area contributed by atoms with Crippen LogP contribution in [0.15, 0.2) is 0 Å². The number of carbonyl (C=O) groups is 1. The Labute approximate surface area is 71.7 Å². The Balaban J connectivity index is 0. The molecule has 0 aliphatic heterocycles. The van der Waals surface area contributed by atoms with Crippen LogP contribution in [0.5, 0.6) is 0 Å². The minimum Gasteiger partial charge on any atom is -0.300 e. The zero-order valence-corrected chi connectivity index (χ0v) is 8.77. The van der Waals surface area contributed by atoms with Crippen LogP contribution >= 0.6 is 21.6 Å². The first-order valence-electron chi connectivity index (χ1n) is 3.31. The first-order valence-corrected chi connectivity index (χ1v) is 6.27. The lowest BCUT2D eigenvalue weighted by Crippen LogP contribution is -1.88. The maximum Gasteiger partial charge on any atom is 0.132 e. The average Bonchev–Trinajstić information content (AvgIpc) is 2.03. The standard InChI is InChI=1S/C5H10O.C2H6S2/c1-3-5(6)4-2;1-3-4-2/h3-4H2,1-2H3;1-2H3. The van der Waals surface area contributed by atoms with Gasteiger partial charge in [0.1, 0.15) is 5.78 Å². The Morgan fingerprint density at radius 3 is 1.40 bits per heavy atom. The molecular weight excluding hydrogens is 164 g/mol. The van der Waals surface area contributed by atoms with Crippen molar-refractivity contribution in [2.24, 2.45) is 0 Å². The minimum atomic E-state index is 0.343. The Kier molecular flexibility index (Phi) is 15.7. The molecule has 0 spiro atoms. The van der Waals surface area contributed by atoms with Gasteiger partial charge in [-0.3, -0.25) is 4.79 Å². The zero-order chi connectivity index (χ0) is 8.41. The molecule has 0 aliphatic carbocycles. The van der Waals surface area contributed by atoms with Gasteiger partial charge >= 0.3 is 0 Å². The molecular formula is C7H16OS2. The molecule has 0 aromatic carbocycles. The van der Waals surface area contributed by atoms with E-state index in [-0.39, 0.29) is 0 Å². The first-order chi connectivity index (χ1) is 4.72. The number of rotatable bonds is 3. The van der Waals surface area contributed by atoms with Crippen molar-refractivity contribution in [2.45, 2.75) is 26.7 Å². The van der Waals surface area contributed by atoms with Crippen LogP contribution in [0.2, 0.25) is 0 Å². The summed E-state index contributed by atoms with van der Waals surface area (Å²) in [5, 5.41) is 0. The minimum absolute atomic E-state index is 0.343. The zero-order valence-electron chi connectivity index (χ0n) is 7.14. The molecule has 0 N–H and O–H groups in total. The molecule has 0 fully saturated rings. The van der Waals surface area contributed by atoms with Crippen molar-refractivity contribution in [3.8, 4) is 0 Å². The molecule has 0 radical (unpaired) electrons. The fraction of sp³-hybridized carbons (Fsp3) is 0.857. The molecule has 0 heterocycles. The molecule has 0 saturated carbocycles. The van der Waals surface area contributed by atoms with Crippen LogP contribution in [0.3, 0.4) is 0 Å². The van der Waals surface area contributed by atoms with Crippen LogP contribution in [0, 0.1) is 0 Å². The van der Waals surface area contributed by atoms with Gasteiger partial charge in [-0.15, -0.1) is 0 Å². The predicted molar refractivity (Wildman–Crippen MR) is 52.6 cm³/mol. The summed E-state index contributed by atoms with van der Waals surface area (Å²) < 4.78 is 0. The van der Waals surface area contributed by atoms with Crippen molar-refractivity contribution in [3.05, 3.63) is 0 Å². The van der Waals surface area contributed by atoms with Gasteiger partial charge in [0, 0.05) is 12.8 Å². The molecule has 62 valence electrons. The molecule has 1 nitrogen and oxygen atoms in total. The summed E-state index contributed by atoms with van der Waals surface area (Å²) in [6.45, 7) is 3.76. The Hall–Kier alpha value is 0.370. The van der Waals surface area contributed by atoms with Crippen molar-refractivity contribution in [1.82, 2.24) is 0 Å². The number of hydrogen-bond donors (Lipinski definition) is 0. The van der Waals surface area contributed by atoms with Gasteiger partial charge in [-0.25, -0.2) is 0 Å². The van der Waals surface area contributed by atoms with Gasteiger partial charge in [0.05, 0.1) is 0 Å². The van der Waals surface area contributed by atoms with Crippen molar-refractivity contribution >= 4 is 27.4 Å². The first kappa shape index (κ1) is 13.0. The van der Waals surface area contributed by atoms with Crippen molar-refractivity contribution in [3.63, 3.8) is 0 Å². The van der Waals surface area contributed by atoms with E-state index in [1.807, 2.05) is 13.8 Å². The smallest absolute Gasteiger partial charge is 0.132 e. The highest BCUT2D eigenvalue weighted by Gasteiger charge is 1.86. The molecule has 0 atom stereocenters. The van der Waals surface area contributed by atoms with Crippen LogP contribution < -0.4 is 0 Å². The Bertz CT molecular complexity index is 66.0. The van der Waals surface area contributed by atoms with Crippen molar-refractivity contribution in [1.29, 1.82) is 0 Å². The Morgan fingerprint density at radius 1 is 1.10 bits per heavy atom. The number of carbonyl (C=O) groups excluding carboxylic acids is 1. The van der Waals surface area contributed by atoms with E-state index in [1.165, 1.54) is 0 Å². The summed E-state index contributed by atoms with van der Waals surface area (Å²) in [5.41, 5.74) is 0. The molecule has 0 amide bonds. The highest BCUT2D eigenvalue weighted by atomic mass is 33.1. The van der Waals surface area contributed by atoms with Crippen LogP contribution in [-0.2, 0) is 4.79 Å². The summed E-state index contributed by atoms with van der Waals surface area (Å²) in [7, 11) is 3.55. The lowest BCUT2D eigenvalue weighted by Gasteiger charge is -1.81. The molecule has 0 rings (SSSR count). The van der Waals surface area contributed by atoms with E-state index in [0.717, 1.165) is 0 Å². The fourth-order valence-electron chi connectivity index (χ4n) is 0.250. The van der Waals surface area contributed by atoms with Gasteiger partial charge < -0.3 is 0 Å². The third kappa shape index (κ3) is 15.8. The molecule has 10 heavy (non-hydrogen) atoms. The van der Waals surface area contributed by atoms with E-state index in [4.69, 9.17) is 0 Å². The quantitative estimate of drug-likeness (QED) is 0.621. The van der Waals surface area contributed by atoms with Gasteiger partial charge in [-0.05, 0) is 12.5 Å². The number of Topliss-reactive ketones (excluding diaryl/α,β-unsaturated/α-hetero) is 1. The average molecular weight is 180 g/mol. The molecule has 0 unspecified atom stereocenters. The van der Waals surface area contributed by atoms with Gasteiger partial charge in [0.2, 0.25) is 0 Å². The second-order valence-electron chi connectivity index (χ2n) is 1.58. The fourth-order valence-corrected chi connectivity index (χ4v) is 0.250. The van der Waals surface area contributed by atoms with E-state index >= 15 is 0 Å². The summed E-state index contributed by atoms with van der Waals surface area (Å²) in [6.07, 6.45) is 5.50. The summed E-state index contributed by atoms with van der Waals surface area (Å²) >= 11 is 0. The van der Waals surface area contributed by atoms with Crippen LogP contribution in [0.1, 0.15) is 26.7 Å². The predicted octanol–water partition coefficient (Wildman–Crippen LogP) is 3.00. The molecule has 0 bridgehead atoms. The number of hydrogen-bond acceptors (Lipinski definition) is 3. The molecule has 0 aliphatic rings. The third-order valence-electron chi connectivity index (χ3n) is 0.955.